The molecule has 0 saturated heterocycles. The second-order valence-corrected chi connectivity index (χ2v) is 6.13. The highest BCUT2D eigenvalue weighted by atomic mass is 35.5. The number of halogens is 1. The molecule has 0 fully saturated rings. The van der Waals surface area contributed by atoms with Gasteiger partial charge in [-0.1, -0.05) is 6.92 Å². The van der Waals surface area contributed by atoms with Gasteiger partial charge in [0.25, 0.3) is 0 Å². The summed E-state index contributed by atoms with van der Waals surface area (Å²) < 4.78 is 30.4. The number of likely N-dealkylation sites (N-methyl/N-ethyl adjacent to an activating group) is 1. The van der Waals surface area contributed by atoms with Crippen molar-refractivity contribution in [2.45, 2.75) is 32.1 Å². The molecule has 2 unspecified atom stereocenters. The Morgan fingerprint density at radius 1 is 1.40 bits per heavy atom. The van der Waals surface area contributed by atoms with Gasteiger partial charge in [0.05, 0.1) is 11.9 Å². The Morgan fingerprint density at radius 2 is 1.93 bits per heavy atom. The van der Waals surface area contributed by atoms with Crippen molar-refractivity contribution in [1.29, 1.82) is 0 Å². The Hall–Kier alpha value is 0.160. The van der Waals surface area contributed by atoms with Gasteiger partial charge in [-0.05, 0) is 13.8 Å². The molecule has 0 aromatic carbocycles. The van der Waals surface area contributed by atoms with Crippen molar-refractivity contribution in [3.63, 3.8) is 0 Å². The first-order chi connectivity index (χ1) is 6.91. The lowest BCUT2D eigenvalue weighted by atomic mass is 10.4. The van der Waals surface area contributed by atoms with Crippen molar-refractivity contribution < 1.29 is 13.2 Å². The molecule has 0 radical (unpaired) electrons. The van der Waals surface area contributed by atoms with E-state index >= 15 is 0 Å². The molecule has 0 bridgehead atoms. The van der Waals surface area contributed by atoms with Crippen molar-refractivity contribution in [3.8, 4) is 0 Å². The molecule has 6 heteroatoms. The van der Waals surface area contributed by atoms with Crippen LogP contribution in [0.5, 0.6) is 0 Å². The summed E-state index contributed by atoms with van der Waals surface area (Å²) in [6.45, 7) is 6.08. The van der Waals surface area contributed by atoms with Gasteiger partial charge < -0.3 is 4.74 Å². The maximum absolute atomic E-state index is 12.0. The first kappa shape index (κ1) is 15.2. The quantitative estimate of drug-likeness (QED) is 0.646. The van der Waals surface area contributed by atoms with E-state index in [0.717, 1.165) is 0 Å². The monoisotopic (exact) mass is 257 g/mol. The lowest BCUT2D eigenvalue weighted by molar-refractivity contribution is 0.142. The molecule has 4 nitrogen and oxygen atoms in total. The number of alkyl halides is 1. The first-order valence-electron chi connectivity index (χ1n) is 4.97. The third kappa shape index (κ3) is 3.90. The van der Waals surface area contributed by atoms with Crippen molar-refractivity contribution >= 4 is 21.6 Å². The molecule has 0 N–H and O–H groups in total. The molecule has 0 saturated carbocycles. The van der Waals surface area contributed by atoms with Crippen molar-refractivity contribution in [2.75, 3.05) is 26.1 Å². The van der Waals surface area contributed by atoms with Crippen molar-refractivity contribution in [1.82, 2.24) is 4.31 Å². The molecule has 0 aromatic rings. The Balaban J connectivity index is 4.80. The molecule has 0 heterocycles. The summed E-state index contributed by atoms with van der Waals surface area (Å²) in [5, 5.41) is -0.557. The van der Waals surface area contributed by atoms with Crippen LogP contribution in [0.2, 0.25) is 0 Å². The lowest BCUT2D eigenvalue weighted by Crippen LogP contribution is -2.45. The van der Waals surface area contributed by atoms with Crippen LogP contribution in [0.25, 0.3) is 0 Å². The van der Waals surface area contributed by atoms with Crippen LogP contribution in [-0.2, 0) is 14.8 Å². The van der Waals surface area contributed by atoms with Crippen LogP contribution in [0.15, 0.2) is 0 Å². The first-order valence-corrected chi connectivity index (χ1v) is 7.01. The zero-order chi connectivity index (χ0) is 12.1. The number of hydrogen-bond acceptors (Lipinski definition) is 3. The van der Waals surface area contributed by atoms with Crippen molar-refractivity contribution in [2.24, 2.45) is 0 Å². The maximum atomic E-state index is 12.0. The van der Waals surface area contributed by atoms with E-state index in [9.17, 15) is 8.42 Å². The van der Waals surface area contributed by atoms with E-state index in [4.69, 9.17) is 16.3 Å². The van der Waals surface area contributed by atoms with Crippen molar-refractivity contribution in [3.05, 3.63) is 0 Å². The highest BCUT2D eigenvalue weighted by Gasteiger charge is 2.30. The lowest BCUT2D eigenvalue weighted by Gasteiger charge is -2.28. The van der Waals surface area contributed by atoms with Crippen LogP contribution in [0, 0.1) is 0 Å². The molecule has 15 heavy (non-hydrogen) atoms. The van der Waals surface area contributed by atoms with E-state index in [-0.39, 0.29) is 11.9 Å². The van der Waals surface area contributed by atoms with Crippen LogP contribution >= 0.6 is 11.6 Å². The number of sulfonamides is 1. The van der Waals surface area contributed by atoms with Gasteiger partial charge in [0.2, 0.25) is 10.0 Å². The summed E-state index contributed by atoms with van der Waals surface area (Å²) in [4.78, 5) is 0. The van der Waals surface area contributed by atoms with Gasteiger partial charge >= 0.3 is 0 Å². The summed E-state index contributed by atoms with van der Waals surface area (Å²) in [6, 6.07) is -0.157. The van der Waals surface area contributed by atoms with Crippen LogP contribution in [-0.4, -0.2) is 50.2 Å². The second-order valence-electron chi connectivity index (χ2n) is 3.52. The average molecular weight is 258 g/mol. The molecule has 0 amide bonds. The van der Waals surface area contributed by atoms with E-state index in [1.54, 1.807) is 14.0 Å². The zero-order valence-electron chi connectivity index (χ0n) is 9.73. The topological polar surface area (TPSA) is 46.6 Å². The predicted molar refractivity (Wildman–Crippen MR) is 62.8 cm³/mol. The van der Waals surface area contributed by atoms with Gasteiger partial charge in [0.1, 0.15) is 0 Å². The number of ether oxygens (including phenoxy) is 1. The average Bonchev–Trinajstić information content (AvgIpc) is 2.17. The summed E-state index contributed by atoms with van der Waals surface area (Å²) in [6.07, 6.45) is 0. The van der Waals surface area contributed by atoms with Crippen LogP contribution in [0.3, 0.4) is 0 Å². The number of hydrogen-bond donors (Lipinski definition) is 0. The number of nitrogens with zero attached hydrogens (tertiary/aromatic N) is 1. The fraction of sp³-hybridized carbons (Fsp3) is 1.00. The second kappa shape index (κ2) is 6.68. The van der Waals surface area contributed by atoms with E-state index < -0.39 is 15.3 Å². The molecule has 0 aliphatic heterocycles. The van der Waals surface area contributed by atoms with Gasteiger partial charge in [-0.15, -0.1) is 11.6 Å². The normalized spacial score (nSPS) is 16.7. The summed E-state index contributed by atoms with van der Waals surface area (Å²) in [7, 11) is -1.74. The summed E-state index contributed by atoms with van der Waals surface area (Å²) in [5.74, 6) is 0.110. The van der Waals surface area contributed by atoms with E-state index in [0.29, 0.717) is 13.2 Å². The van der Waals surface area contributed by atoms with Crippen LogP contribution in [0.1, 0.15) is 20.8 Å². The number of methoxy groups -OCH3 is 1. The highest BCUT2D eigenvalue weighted by molar-refractivity contribution is 7.89. The van der Waals surface area contributed by atoms with Gasteiger partial charge in [0.15, 0.2) is 0 Å². The van der Waals surface area contributed by atoms with Gasteiger partial charge in [-0.25, -0.2) is 8.42 Å². The molecule has 2 atom stereocenters. The largest absolute Gasteiger partial charge is 0.383 e. The molecule has 0 aromatic heterocycles. The Labute approximate surface area is 97.6 Å². The van der Waals surface area contributed by atoms with Gasteiger partial charge in [-0.3, -0.25) is 0 Å². The summed E-state index contributed by atoms with van der Waals surface area (Å²) >= 11 is 5.58. The third-order valence-corrected chi connectivity index (χ3v) is 5.37. The maximum Gasteiger partial charge on any atom is 0.218 e. The minimum Gasteiger partial charge on any atom is -0.383 e. The highest BCUT2D eigenvalue weighted by Crippen LogP contribution is 2.14. The summed E-state index contributed by atoms with van der Waals surface area (Å²) in [5.41, 5.74) is 0. The molecular weight excluding hydrogens is 238 g/mol. The van der Waals surface area contributed by atoms with E-state index in [1.165, 1.54) is 4.31 Å². The SMILES string of the molecule is CCN(C(C)COC)S(=O)(=O)C(C)CCl. The number of rotatable bonds is 7. The standard InChI is InChI=1S/C9H20ClNO3S/c1-5-11(8(2)7-14-4)15(12,13)9(3)6-10/h8-9H,5-7H2,1-4H3. The zero-order valence-corrected chi connectivity index (χ0v) is 11.3. The van der Waals surface area contributed by atoms with Crippen LogP contribution < -0.4 is 0 Å². The molecule has 0 aliphatic carbocycles. The Kier molecular flexibility index (Phi) is 6.75. The Morgan fingerprint density at radius 3 is 2.27 bits per heavy atom. The fourth-order valence-electron chi connectivity index (χ4n) is 1.38. The predicted octanol–water partition coefficient (Wildman–Crippen LogP) is 1.30. The molecule has 92 valence electrons. The fourth-order valence-corrected chi connectivity index (χ4v) is 3.40. The smallest absolute Gasteiger partial charge is 0.218 e. The minimum atomic E-state index is -3.30. The third-order valence-electron chi connectivity index (χ3n) is 2.26. The Bertz CT molecular complexity index is 269. The van der Waals surface area contributed by atoms with E-state index in [2.05, 4.69) is 0 Å². The van der Waals surface area contributed by atoms with Gasteiger partial charge in [-0.2, -0.15) is 4.31 Å². The van der Waals surface area contributed by atoms with Crippen LogP contribution in [0.4, 0.5) is 0 Å². The van der Waals surface area contributed by atoms with Gasteiger partial charge in [0, 0.05) is 25.6 Å². The molecular formula is C9H20ClNO3S. The van der Waals surface area contributed by atoms with E-state index in [1.807, 2.05) is 13.8 Å². The minimum absolute atomic E-state index is 0.110. The molecule has 0 spiro atoms. The molecule has 0 rings (SSSR count). The molecule has 0 aliphatic rings.